The average Bonchev–Trinajstić information content (AvgIpc) is 2.80. The highest BCUT2D eigenvalue weighted by atomic mass is 35.5. The van der Waals surface area contributed by atoms with Gasteiger partial charge in [-0.05, 0) is 50.3 Å². The Bertz CT molecular complexity index is 868. The molecule has 2 aromatic heterocycles. The molecule has 0 aliphatic carbocycles. The van der Waals surface area contributed by atoms with E-state index in [1.807, 2.05) is 6.07 Å². The molecule has 2 fully saturated rings. The first-order valence-electron chi connectivity index (χ1n) is 10.5. The lowest BCUT2D eigenvalue weighted by molar-refractivity contribution is -0.120. The lowest BCUT2D eigenvalue weighted by atomic mass is 9.99. The molecule has 4 heterocycles. The maximum atomic E-state index is 12.5. The Morgan fingerprint density at radius 1 is 1.23 bits per heavy atom. The van der Waals surface area contributed by atoms with Gasteiger partial charge < -0.3 is 20.7 Å². The summed E-state index contributed by atoms with van der Waals surface area (Å²) in [5.74, 6) is 2.20. The third-order valence-electron chi connectivity index (χ3n) is 5.58. The van der Waals surface area contributed by atoms with Crippen LogP contribution in [0, 0.1) is 11.8 Å². The molecule has 0 aromatic carbocycles. The van der Waals surface area contributed by atoms with Gasteiger partial charge in [0, 0.05) is 44.3 Å². The predicted molar refractivity (Wildman–Crippen MR) is 117 cm³/mol. The summed E-state index contributed by atoms with van der Waals surface area (Å²) < 4.78 is 5.41. The molecule has 2 saturated heterocycles. The maximum absolute atomic E-state index is 12.5. The van der Waals surface area contributed by atoms with Gasteiger partial charge in [-0.2, -0.15) is 0 Å². The SMILES string of the molecule is O=C(Nc1cc(-c2nccc(NCC3CCOCC3)n2)c(Cl)cn1)[C@@H]1CCCNC1. The molecule has 30 heavy (non-hydrogen) atoms. The number of hydrogen-bond acceptors (Lipinski definition) is 7. The summed E-state index contributed by atoms with van der Waals surface area (Å²) in [6.07, 6.45) is 7.22. The number of rotatable bonds is 6. The quantitative estimate of drug-likeness (QED) is 0.647. The normalized spacial score (nSPS) is 20.0. The zero-order valence-electron chi connectivity index (χ0n) is 16.9. The van der Waals surface area contributed by atoms with Crippen molar-refractivity contribution in [3.8, 4) is 11.4 Å². The van der Waals surface area contributed by atoms with Crippen molar-refractivity contribution in [1.82, 2.24) is 20.3 Å². The van der Waals surface area contributed by atoms with E-state index in [9.17, 15) is 4.79 Å². The molecule has 2 aliphatic heterocycles. The molecule has 1 atom stereocenters. The van der Waals surface area contributed by atoms with Crippen molar-refractivity contribution < 1.29 is 9.53 Å². The van der Waals surface area contributed by atoms with Crippen LogP contribution in [0.1, 0.15) is 25.7 Å². The molecule has 8 nitrogen and oxygen atoms in total. The maximum Gasteiger partial charge on any atom is 0.229 e. The first kappa shape index (κ1) is 21.0. The first-order chi connectivity index (χ1) is 14.7. The zero-order chi connectivity index (χ0) is 20.8. The molecule has 2 aliphatic rings. The van der Waals surface area contributed by atoms with Crippen LogP contribution >= 0.6 is 11.6 Å². The van der Waals surface area contributed by atoms with Crippen LogP contribution in [-0.4, -0.2) is 53.7 Å². The van der Waals surface area contributed by atoms with Crippen LogP contribution in [0.4, 0.5) is 11.6 Å². The number of carbonyl (C=O) groups is 1. The van der Waals surface area contributed by atoms with E-state index in [0.29, 0.717) is 34.7 Å². The van der Waals surface area contributed by atoms with Gasteiger partial charge >= 0.3 is 0 Å². The number of carbonyl (C=O) groups excluding carboxylic acids is 1. The van der Waals surface area contributed by atoms with Gasteiger partial charge in [0.05, 0.1) is 10.9 Å². The number of amides is 1. The summed E-state index contributed by atoms with van der Waals surface area (Å²) in [4.78, 5) is 25.7. The number of anilines is 2. The Morgan fingerprint density at radius 2 is 2.10 bits per heavy atom. The Morgan fingerprint density at radius 3 is 2.90 bits per heavy atom. The van der Waals surface area contributed by atoms with Crippen LogP contribution in [-0.2, 0) is 9.53 Å². The van der Waals surface area contributed by atoms with Gasteiger partial charge in [0.15, 0.2) is 5.82 Å². The molecule has 0 saturated carbocycles. The third kappa shape index (κ3) is 5.44. The fourth-order valence-electron chi connectivity index (χ4n) is 3.77. The summed E-state index contributed by atoms with van der Waals surface area (Å²) in [6, 6.07) is 3.57. The zero-order valence-corrected chi connectivity index (χ0v) is 17.6. The molecule has 0 radical (unpaired) electrons. The number of halogens is 1. The van der Waals surface area contributed by atoms with E-state index < -0.39 is 0 Å². The average molecular weight is 431 g/mol. The van der Waals surface area contributed by atoms with E-state index in [2.05, 4.69) is 30.9 Å². The van der Waals surface area contributed by atoms with Crippen LogP contribution in [0.3, 0.4) is 0 Å². The molecule has 3 N–H and O–H groups in total. The molecule has 1 amide bonds. The summed E-state index contributed by atoms with van der Waals surface area (Å²) >= 11 is 6.37. The smallest absolute Gasteiger partial charge is 0.229 e. The number of hydrogen-bond donors (Lipinski definition) is 3. The van der Waals surface area contributed by atoms with Crippen LogP contribution in [0.5, 0.6) is 0 Å². The fourth-order valence-corrected chi connectivity index (χ4v) is 3.96. The largest absolute Gasteiger partial charge is 0.381 e. The molecule has 0 unspecified atom stereocenters. The highest BCUT2D eigenvalue weighted by molar-refractivity contribution is 6.33. The summed E-state index contributed by atoms with van der Waals surface area (Å²) in [6.45, 7) is 4.14. The van der Waals surface area contributed by atoms with Crippen LogP contribution < -0.4 is 16.0 Å². The monoisotopic (exact) mass is 430 g/mol. The Balaban J connectivity index is 1.45. The second kappa shape index (κ2) is 10.1. The molecule has 0 bridgehead atoms. The van der Waals surface area contributed by atoms with Crippen LogP contribution in [0.15, 0.2) is 24.5 Å². The predicted octanol–water partition coefficient (Wildman–Crippen LogP) is 2.97. The standard InChI is InChI=1S/C21H27ClN6O2/c22-17-13-26-19(28-21(29)15-2-1-6-23-12-15)10-16(17)20-24-7-3-18(27-20)25-11-14-4-8-30-9-5-14/h3,7,10,13-15,23H,1-2,4-6,8-9,11-12H2,(H,24,25,27)(H,26,28,29)/t15-/m1/s1. The lowest BCUT2D eigenvalue weighted by Gasteiger charge is -2.22. The molecule has 4 rings (SSSR count). The van der Waals surface area contributed by atoms with E-state index in [1.165, 1.54) is 6.20 Å². The van der Waals surface area contributed by atoms with Crippen LogP contribution in [0.25, 0.3) is 11.4 Å². The van der Waals surface area contributed by atoms with Crippen molar-refractivity contribution in [3.05, 3.63) is 29.5 Å². The number of ether oxygens (including phenoxy) is 1. The van der Waals surface area contributed by atoms with Crippen molar-refractivity contribution in [3.63, 3.8) is 0 Å². The van der Waals surface area contributed by atoms with Gasteiger partial charge in [-0.15, -0.1) is 0 Å². The van der Waals surface area contributed by atoms with Crippen molar-refractivity contribution in [1.29, 1.82) is 0 Å². The Hall–Kier alpha value is -2.29. The van der Waals surface area contributed by atoms with Gasteiger partial charge in [0.1, 0.15) is 11.6 Å². The number of aromatic nitrogens is 3. The highest BCUT2D eigenvalue weighted by Crippen LogP contribution is 2.28. The topological polar surface area (TPSA) is 101 Å². The molecular formula is C21H27ClN6O2. The van der Waals surface area contributed by atoms with Crippen LogP contribution in [0.2, 0.25) is 5.02 Å². The summed E-state index contributed by atoms with van der Waals surface area (Å²) in [7, 11) is 0. The molecule has 9 heteroatoms. The van der Waals surface area contributed by atoms with Gasteiger partial charge in [-0.1, -0.05) is 11.6 Å². The number of nitrogens with one attached hydrogen (secondary N) is 3. The summed E-state index contributed by atoms with van der Waals surface area (Å²) in [5, 5.41) is 9.98. The van der Waals surface area contributed by atoms with E-state index in [1.54, 1.807) is 12.3 Å². The lowest BCUT2D eigenvalue weighted by Crippen LogP contribution is -2.37. The minimum atomic E-state index is -0.0476. The van der Waals surface area contributed by atoms with Gasteiger partial charge in [0.25, 0.3) is 0 Å². The second-order valence-corrected chi connectivity index (χ2v) is 8.19. The van der Waals surface area contributed by atoms with E-state index >= 15 is 0 Å². The number of pyridine rings is 1. The van der Waals surface area contributed by atoms with Crippen molar-refractivity contribution in [2.24, 2.45) is 11.8 Å². The molecule has 0 spiro atoms. The third-order valence-corrected chi connectivity index (χ3v) is 5.88. The minimum absolute atomic E-state index is 0.0317. The number of nitrogens with zero attached hydrogens (tertiary/aromatic N) is 3. The Kier molecular flexibility index (Phi) is 7.09. The first-order valence-corrected chi connectivity index (χ1v) is 10.9. The van der Waals surface area contributed by atoms with Gasteiger partial charge in [-0.3, -0.25) is 4.79 Å². The van der Waals surface area contributed by atoms with Crippen molar-refractivity contribution in [2.75, 3.05) is 43.5 Å². The van der Waals surface area contributed by atoms with Gasteiger partial charge in [0.2, 0.25) is 5.91 Å². The second-order valence-electron chi connectivity index (χ2n) is 7.78. The van der Waals surface area contributed by atoms with E-state index in [4.69, 9.17) is 16.3 Å². The van der Waals surface area contributed by atoms with Crippen molar-refractivity contribution in [2.45, 2.75) is 25.7 Å². The van der Waals surface area contributed by atoms with Gasteiger partial charge in [-0.25, -0.2) is 15.0 Å². The molecule has 2 aromatic rings. The minimum Gasteiger partial charge on any atom is -0.381 e. The van der Waals surface area contributed by atoms with E-state index in [-0.39, 0.29) is 11.8 Å². The Labute approximate surface area is 181 Å². The van der Waals surface area contributed by atoms with E-state index in [0.717, 1.165) is 57.8 Å². The number of piperidine rings is 1. The van der Waals surface area contributed by atoms with Crippen molar-refractivity contribution >= 4 is 29.1 Å². The highest BCUT2D eigenvalue weighted by Gasteiger charge is 2.22. The molecular weight excluding hydrogens is 404 g/mol. The molecule has 160 valence electrons. The summed E-state index contributed by atoms with van der Waals surface area (Å²) in [5.41, 5.74) is 0.637. The fraction of sp³-hybridized carbons (Fsp3) is 0.524.